The number of pyridine rings is 1. The maximum Gasteiger partial charge on any atom is 0.410 e. The molecule has 2 aliphatic rings. The van der Waals surface area contributed by atoms with E-state index >= 15 is 0 Å². The molecule has 5 rings (SSSR count). The van der Waals surface area contributed by atoms with E-state index in [2.05, 4.69) is 53.5 Å². The molecule has 214 valence electrons. The van der Waals surface area contributed by atoms with Gasteiger partial charge in [0.1, 0.15) is 11.2 Å². The normalized spacial score (nSPS) is 17.1. The largest absolute Gasteiger partial charge is 0.465 e. The number of amidine groups is 1. The molecule has 1 amide bonds. The van der Waals surface area contributed by atoms with Crippen LogP contribution in [0, 0.1) is 17.2 Å². The van der Waals surface area contributed by atoms with Crippen LogP contribution in [-0.4, -0.2) is 54.1 Å². The maximum atomic E-state index is 11.4. The lowest BCUT2D eigenvalue weighted by molar-refractivity contribution is 0.200. The third-order valence-corrected chi connectivity index (χ3v) is 8.82. The van der Waals surface area contributed by atoms with Gasteiger partial charge in [0, 0.05) is 25.3 Å². The third kappa shape index (κ3) is 5.67. The van der Waals surface area contributed by atoms with Gasteiger partial charge >= 0.3 is 6.09 Å². The summed E-state index contributed by atoms with van der Waals surface area (Å²) in [6, 6.07) is 4.40. The van der Waals surface area contributed by atoms with Crippen LogP contribution in [0.25, 0.3) is 22.7 Å². The molecule has 0 saturated heterocycles. The van der Waals surface area contributed by atoms with Crippen LogP contribution in [0.5, 0.6) is 0 Å². The highest BCUT2D eigenvalue weighted by Gasteiger charge is 2.32. The summed E-state index contributed by atoms with van der Waals surface area (Å²) in [6.45, 7) is 10.2. The van der Waals surface area contributed by atoms with Crippen LogP contribution in [-0.2, 0) is 6.54 Å². The number of nitrogens with zero attached hydrogens (tertiary/aromatic N) is 6. The van der Waals surface area contributed by atoms with E-state index in [1.54, 1.807) is 0 Å². The molecule has 2 aliphatic carbocycles. The van der Waals surface area contributed by atoms with Gasteiger partial charge in [0.15, 0.2) is 28.9 Å². The molecule has 3 heterocycles. The fourth-order valence-electron chi connectivity index (χ4n) is 6.23. The molecule has 0 radical (unpaired) electrons. The molecule has 3 N–H and O–H groups in total. The second kappa shape index (κ2) is 11.9. The van der Waals surface area contributed by atoms with Crippen molar-refractivity contribution in [2.45, 2.75) is 97.6 Å². The van der Waals surface area contributed by atoms with Crippen LogP contribution >= 0.6 is 0 Å². The van der Waals surface area contributed by atoms with Gasteiger partial charge in [-0.05, 0) is 75.0 Å². The third-order valence-electron chi connectivity index (χ3n) is 8.82. The van der Waals surface area contributed by atoms with Crippen molar-refractivity contribution >= 4 is 28.9 Å². The summed E-state index contributed by atoms with van der Waals surface area (Å²) in [7, 11) is 0. The summed E-state index contributed by atoms with van der Waals surface area (Å²) >= 11 is 0. The average Bonchev–Trinajstić information content (AvgIpc) is 3.26. The molecular formula is C30H42N8O2. The van der Waals surface area contributed by atoms with Crippen molar-refractivity contribution in [3.8, 4) is 11.5 Å². The lowest BCUT2D eigenvalue weighted by atomic mass is 9.80. The van der Waals surface area contributed by atoms with Gasteiger partial charge in [-0.25, -0.2) is 19.7 Å². The SMILES string of the molecule is CCN(c1nc(C(=N)NC(=O)O)nc2nc(-c3cc(C(C)C)ccn3)n(CC3CCCCC3)c12)[C@H](C)C1CCC1. The Labute approximate surface area is 236 Å². The molecule has 3 aromatic rings. The summed E-state index contributed by atoms with van der Waals surface area (Å²) in [5.74, 6) is 2.59. The van der Waals surface area contributed by atoms with E-state index < -0.39 is 6.09 Å². The number of rotatable bonds is 9. The van der Waals surface area contributed by atoms with Crippen molar-refractivity contribution < 1.29 is 9.90 Å². The number of hydrogen-bond donors (Lipinski definition) is 3. The zero-order chi connectivity index (χ0) is 28.4. The number of fused-ring (bicyclic) bond motifs is 1. The highest BCUT2D eigenvalue weighted by atomic mass is 16.4. The van der Waals surface area contributed by atoms with Gasteiger partial charge < -0.3 is 14.6 Å². The molecule has 2 saturated carbocycles. The molecule has 10 heteroatoms. The fourth-order valence-corrected chi connectivity index (χ4v) is 6.23. The summed E-state index contributed by atoms with van der Waals surface area (Å²) in [5.41, 5.74) is 3.30. The molecular weight excluding hydrogens is 504 g/mol. The van der Waals surface area contributed by atoms with Crippen LogP contribution in [0.2, 0.25) is 0 Å². The Balaban J connectivity index is 1.74. The average molecular weight is 547 g/mol. The molecule has 3 aromatic heterocycles. The summed E-state index contributed by atoms with van der Waals surface area (Å²) in [5, 5.41) is 19.8. The van der Waals surface area contributed by atoms with E-state index in [4.69, 9.17) is 20.4 Å². The molecule has 0 unspecified atom stereocenters. The number of nitrogens with one attached hydrogen (secondary N) is 2. The zero-order valence-corrected chi connectivity index (χ0v) is 24.2. The van der Waals surface area contributed by atoms with Gasteiger partial charge in [-0.3, -0.25) is 15.7 Å². The molecule has 0 spiro atoms. The van der Waals surface area contributed by atoms with Crippen molar-refractivity contribution in [2.24, 2.45) is 11.8 Å². The van der Waals surface area contributed by atoms with Crippen LogP contribution in [0.4, 0.5) is 10.6 Å². The van der Waals surface area contributed by atoms with Crippen molar-refractivity contribution in [1.29, 1.82) is 5.41 Å². The number of amides is 1. The Bertz CT molecular complexity index is 1370. The molecule has 10 nitrogen and oxygen atoms in total. The summed E-state index contributed by atoms with van der Waals surface area (Å²) in [4.78, 5) is 33.0. The molecule has 0 aliphatic heterocycles. The number of aromatic nitrogens is 5. The van der Waals surface area contributed by atoms with Crippen molar-refractivity contribution in [3.63, 3.8) is 0 Å². The van der Waals surface area contributed by atoms with Gasteiger partial charge in [0.2, 0.25) is 0 Å². The lowest BCUT2D eigenvalue weighted by Gasteiger charge is -2.39. The van der Waals surface area contributed by atoms with Gasteiger partial charge in [0.25, 0.3) is 0 Å². The van der Waals surface area contributed by atoms with Crippen molar-refractivity contribution in [1.82, 2.24) is 29.8 Å². The van der Waals surface area contributed by atoms with Gasteiger partial charge in [-0.1, -0.05) is 39.5 Å². The Morgan fingerprint density at radius 2 is 1.88 bits per heavy atom. The highest BCUT2D eigenvalue weighted by molar-refractivity contribution is 6.03. The Morgan fingerprint density at radius 1 is 1.12 bits per heavy atom. The first-order valence-corrected chi connectivity index (χ1v) is 14.9. The van der Waals surface area contributed by atoms with Crippen LogP contribution in [0.3, 0.4) is 0 Å². The van der Waals surface area contributed by atoms with E-state index in [0.29, 0.717) is 29.2 Å². The minimum Gasteiger partial charge on any atom is -0.465 e. The Kier molecular flexibility index (Phi) is 8.32. The van der Waals surface area contributed by atoms with Gasteiger partial charge in [-0.2, -0.15) is 0 Å². The quantitative estimate of drug-likeness (QED) is 0.215. The maximum absolute atomic E-state index is 11.4. The first-order chi connectivity index (χ1) is 19.3. The Morgan fingerprint density at radius 3 is 2.50 bits per heavy atom. The van der Waals surface area contributed by atoms with Crippen LogP contribution in [0.1, 0.15) is 96.4 Å². The van der Waals surface area contributed by atoms with Crippen molar-refractivity contribution in [3.05, 3.63) is 29.7 Å². The second-order valence-corrected chi connectivity index (χ2v) is 11.7. The topological polar surface area (TPSA) is 133 Å². The van der Waals surface area contributed by atoms with E-state index in [1.807, 2.05) is 12.3 Å². The molecule has 0 aromatic carbocycles. The minimum atomic E-state index is -1.32. The van der Waals surface area contributed by atoms with Crippen LogP contribution < -0.4 is 10.2 Å². The zero-order valence-electron chi connectivity index (χ0n) is 24.2. The molecule has 1 atom stereocenters. The first kappa shape index (κ1) is 28.0. The van der Waals surface area contributed by atoms with E-state index in [9.17, 15) is 9.90 Å². The molecule has 40 heavy (non-hydrogen) atoms. The van der Waals surface area contributed by atoms with E-state index in [0.717, 1.165) is 30.1 Å². The summed E-state index contributed by atoms with van der Waals surface area (Å²) < 4.78 is 2.27. The standard InChI is InChI=1S/C30H42N8O2/c1-5-37(19(4)21-12-9-13-21)29-24-26(34-27(36-29)25(31)33-30(39)40)35-28(23-16-22(18(2)3)14-15-32-23)38(24)17-20-10-7-6-8-11-20/h14-16,18-21H,5-13,17H2,1-4H3,(H2,31,33)(H,39,40)/t19-/m1/s1. The highest BCUT2D eigenvalue weighted by Crippen LogP contribution is 2.38. The predicted molar refractivity (Wildman–Crippen MR) is 157 cm³/mol. The smallest absolute Gasteiger partial charge is 0.410 e. The molecule has 2 fully saturated rings. The van der Waals surface area contributed by atoms with Gasteiger partial charge in [0.05, 0.1) is 0 Å². The number of imidazole rings is 1. The Hall–Kier alpha value is -3.56. The van der Waals surface area contributed by atoms with Crippen LogP contribution in [0.15, 0.2) is 18.3 Å². The fraction of sp³-hybridized carbons (Fsp3) is 0.600. The minimum absolute atomic E-state index is 0.0296. The van der Waals surface area contributed by atoms with E-state index in [1.165, 1.54) is 56.9 Å². The lowest BCUT2D eigenvalue weighted by Crippen LogP contribution is -2.42. The first-order valence-electron chi connectivity index (χ1n) is 14.9. The number of hydrogen-bond acceptors (Lipinski definition) is 7. The monoisotopic (exact) mass is 546 g/mol. The van der Waals surface area contributed by atoms with Crippen molar-refractivity contribution in [2.75, 3.05) is 11.4 Å². The van der Waals surface area contributed by atoms with Gasteiger partial charge in [-0.15, -0.1) is 0 Å². The number of carboxylic acid groups (broad SMARTS) is 1. The summed E-state index contributed by atoms with van der Waals surface area (Å²) in [6.07, 6.45) is 10.3. The number of carbonyl (C=O) groups is 1. The predicted octanol–water partition coefficient (Wildman–Crippen LogP) is 6.20. The molecule has 0 bridgehead atoms. The number of anilines is 1. The second-order valence-electron chi connectivity index (χ2n) is 11.7. The van der Waals surface area contributed by atoms with E-state index in [-0.39, 0.29) is 17.7 Å².